The highest BCUT2D eigenvalue weighted by Crippen LogP contribution is 2.18. The van der Waals surface area contributed by atoms with Crippen LogP contribution in [0.2, 0.25) is 0 Å². The number of aromatic nitrogens is 2. The van der Waals surface area contributed by atoms with Crippen molar-refractivity contribution in [3.63, 3.8) is 0 Å². The van der Waals surface area contributed by atoms with E-state index in [9.17, 15) is 0 Å². The Morgan fingerprint density at radius 2 is 2.36 bits per heavy atom. The number of hydrogen-bond donors (Lipinski definition) is 1. The summed E-state index contributed by atoms with van der Waals surface area (Å²) < 4.78 is 0.968. The maximum atomic E-state index is 4.20. The minimum absolute atomic E-state index is 0.707. The molecular weight excluding hydrogens is 262 g/mol. The third kappa shape index (κ3) is 2.30. The van der Waals surface area contributed by atoms with Crippen molar-refractivity contribution in [3.8, 4) is 0 Å². The van der Waals surface area contributed by atoms with Crippen molar-refractivity contribution >= 4 is 33.1 Å². The lowest BCUT2D eigenvalue weighted by Gasteiger charge is -2.04. The van der Waals surface area contributed by atoms with Gasteiger partial charge in [0.1, 0.15) is 5.82 Å². The Balaban J connectivity index is 2.02. The Hall–Kier alpha value is -0.940. The van der Waals surface area contributed by atoms with Crippen LogP contribution in [0.1, 0.15) is 5.69 Å². The summed E-state index contributed by atoms with van der Waals surface area (Å²) in [5.41, 5.74) is 2.86. The minimum Gasteiger partial charge on any atom is -0.363 e. The van der Waals surface area contributed by atoms with E-state index in [4.69, 9.17) is 0 Å². The lowest BCUT2D eigenvalue weighted by Crippen LogP contribution is -2.01. The predicted octanol–water partition coefficient (Wildman–Crippen LogP) is 2.91. The van der Waals surface area contributed by atoms with Gasteiger partial charge in [0.2, 0.25) is 0 Å². The Kier molecular flexibility index (Phi) is 3.10. The highest BCUT2D eigenvalue weighted by Gasteiger charge is 1.99. The summed E-state index contributed by atoms with van der Waals surface area (Å²) >= 11 is 5.01. The molecule has 0 fully saturated rings. The zero-order chi connectivity index (χ0) is 9.80. The Labute approximate surface area is 94.4 Å². The first kappa shape index (κ1) is 9.61. The maximum absolute atomic E-state index is 4.20. The maximum Gasteiger partial charge on any atom is 0.140 e. The molecule has 2 aromatic heterocycles. The summed E-state index contributed by atoms with van der Waals surface area (Å²) in [4.78, 5) is 8.37. The van der Waals surface area contributed by atoms with Gasteiger partial charge in [-0.25, -0.2) is 9.97 Å². The number of pyridine rings is 1. The zero-order valence-electron chi connectivity index (χ0n) is 7.27. The molecule has 1 N–H and O–H groups in total. The number of anilines is 1. The van der Waals surface area contributed by atoms with E-state index in [1.807, 2.05) is 23.0 Å². The van der Waals surface area contributed by atoms with Crippen molar-refractivity contribution in [2.75, 3.05) is 5.32 Å². The molecule has 14 heavy (non-hydrogen) atoms. The van der Waals surface area contributed by atoms with Crippen LogP contribution in [0.4, 0.5) is 5.82 Å². The van der Waals surface area contributed by atoms with Gasteiger partial charge in [-0.1, -0.05) is 0 Å². The van der Waals surface area contributed by atoms with Crippen LogP contribution in [-0.4, -0.2) is 9.97 Å². The average Bonchev–Trinajstić information content (AvgIpc) is 2.69. The first-order chi connectivity index (χ1) is 6.86. The van der Waals surface area contributed by atoms with Crippen LogP contribution in [0.3, 0.4) is 0 Å². The second-order valence-electron chi connectivity index (χ2n) is 2.67. The molecule has 0 aliphatic rings. The highest BCUT2D eigenvalue weighted by molar-refractivity contribution is 9.10. The van der Waals surface area contributed by atoms with Gasteiger partial charge in [-0.2, -0.15) is 0 Å². The van der Waals surface area contributed by atoms with Crippen LogP contribution in [0, 0.1) is 0 Å². The summed E-state index contributed by atoms with van der Waals surface area (Å²) in [6, 6.07) is 3.84. The van der Waals surface area contributed by atoms with Gasteiger partial charge in [0.05, 0.1) is 22.2 Å². The SMILES string of the molecule is Brc1cccnc1NCc1cscn1. The number of nitrogens with one attached hydrogen (secondary N) is 1. The number of thiazole rings is 1. The molecule has 5 heteroatoms. The molecule has 0 atom stereocenters. The molecule has 0 unspecified atom stereocenters. The van der Waals surface area contributed by atoms with Crippen molar-refractivity contribution in [1.29, 1.82) is 0 Å². The van der Waals surface area contributed by atoms with Crippen molar-refractivity contribution in [2.24, 2.45) is 0 Å². The summed E-state index contributed by atoms with van der Waals surface area (Å²) in [7, 11) is 0. The lowest BCUT2D eigenvalue weighted by atomic mass is 10.4. The molecule has 0 radical (unpaired) electrons. The molecule has 2 heterocycles. The van der Waals surface area contributed by atoms with E-state index in [0.29, 0.717) is 6.54 Å². The number of halogens is 1. The number of rotatable bonds is 3. The molecule has 2 rings (SSSR count). The van der Waals surface area contributed by atoms with Gasteiger partial charge in [-0.15, -0.1) is 11.3 Å². The second-order valence-corrected chi connectivity index (χ2v) is 4.24. The number of hydrogen-bond acceptors (Lipinski definition) is 4. The van der Waals surface area contributed by atoms with Crippen molar-refractivity contribution < 1.29 is 0 Å². The van der Waals surface area contributed by atoms with E-state index in [2.05, 4.69) is 31.2 Å². The molecule has 3 nitrogen and oxygen atoms in total. The fraction of sp³-hybridized carbons (Fsp3) is 0.111. The van der Waals surface area contributed by atoms with Crippen LogP contribution < -0.4 is 5.32 Å². The fourth-order valence-electron chi connectivity index (χ4n) is 1.01. The molecule has 72 valence electrons. The van der Waals surface area contributed by atoms with Crippen LogP contribution in [0.25, 0.3) is 0 Å². The van der Waals surface area contributed by atoms with Gasteiger partial charge in [0.15, 0.2) is 0 Å². The molecule has 0 aliphatic heterocycles. The average molecular weight is 270 g/mol. The van der Waals surface area contributed by atoms with Crippen molar-refractivity contribution in [1.82, 2.24) is 9.97 Å². The van der Waals surface area contributed by atoms with Gasteiger partial charge in [0, 0.05) is 11.6 Å². The van der Waals surface area contributed by atoms with Crippen molar-refractivity contribution in [2.45, 2.75) is 6.54 Å². The lowest BCUT2D eigenvalue weighted by molar-refractivity contribution is 1.05. The quantitative estimate of drug-likeness (QED) is 0.931. The van der Waals surface area contributed by atoms with Gasteiger partial charge >= 0.3 is 0 Å². The monoisotopic (exact) mass is 269 g/mol. The van der Waals surface area contributed by atoms with E-state index in [1.165, 1.54) is 0 Å². The molecular formula is C9H8BrN3S. The Bertz CT molecular complexity index is 402. The summed E-state index contributed by atoms with van der Waals surface area (Å²) in [5.74, 6) is 0.848. The van der Waals surface area contributed by atoms with Gasteiger partial charge in [-0.3, -0.25) is 0 Å². The van der Waals surface area contributed by atoms with Gasteiger partial charge in [0.25, 0.3) is 0 Å². The zero-order valence-corrected chi connectivity index (χ0v) is 9.68. The molecule has 0 bridgehead atoms. The topological polar surface area (TPSA) is 37.8 Å². The Morgan fingerprint density at radius 3 is 3.07 bits per heavy atom. The van der Waals surface area contributed by atoms with Crippen LogP contribution in [-0.2, 0) is 6.54 Å². The minimum atomic E-state index is 0.707. The number of nitrogens with zero attached hydrogens (tertiary/aromatic N) is 2. The normalized spacial score (nSPS) is 10.1. The molecule has 0 spiro atoms. The van der Waals surface area contributed by atoms with Crippen molar-refractivity contribution in [3.05, 3.63) is 39.4 Å². The third-order valence-corrected chi connectivity index (χ3v) is 2.95. The highest BCUT2D eigenvalue weighted by atomic mass is 79.9. The van der Waals surface area contributed by atoms with E-state index in [1.54, 1.807) is 17.5 Å². The van der Waals surface area contributed by atoms with Crippen LogP contribution in [0.5, 0.6) is 0 Å². The summed E-state index contributed by atoms with van der Waals surface area (Å²) in [6.07, 6.45) is 1.76. The molecule has 0 saturated heterocycles. The first-order valence-corrected chi connectivity index (χ1v) is 5.81. The standard InChI is InChI=1S/C9H8BrN3S/c10-8-2-1-3-11-9(8)12-4-7-5-14-6-13-7/h1-3,5-6H,4H2,(H,11,12). The molecule has 0 aliphatic carbocycles. The predicted molar refractivity (Wildman–Crippen MR) is 61.4 cm³/mol. The van der Waals surface area contributed by atoms with E-state index < -0.39 is 0 Å². The van der Waals surface area contributed by atoms with Gasteiger partial charge < -0.3 is 5.32 Å². The molecule has 0 amide bonds. The Morgan fingerprint density at radius 1 is 1.43 bits per heavy atom. The third-order valence-electron chi connectivity index (χ3n) is 1.68. The van der Waals surface area contributed by atoms with Crippen LogP contribution >= 0.6 is 27.3 Å². The summed E-state index contributed by atoms with van der Waals surface area (Å²) in [6.45, 7) is 0.707. The summed E-state index contributed by atoms with van der Waals surface area (Å²) in [5, 5.41) is 5.22. The van der Waals surface area contributed by atoms with Gasteiger partial charge in [-0.05, 0) is 28.1 Å². The second kappa shape index (κ2) is 4.52. The van der Waals surface area contributed by atoms with E-state index >= 15 is 0 Å². The van der Waals surface area contributed by atoms with Crippen LogP contribution in [0.15, 0.2) is 33.7 Å². The largest absolute Gasteiger partial charge is 0.363 e. The van der Waals surface area contributed by atoms with E-state index in [0.717, 1.165) is 16.0 Å². The molecule has 0 saturated carbocycles. The van der Waals surface area contributed by atoms with E-state index in [-0.39, 0.29) is 0 Å². The first-order valence-electron chi connectivity index (χ1n) is 4.08. The molecule has 2 aromatic rings. The smallest absolute Gasteiger partial charge is 0.140 e. The molecule has 0 aromatic carbocycles. The fourth-order valence-corrected chi connectivity index (χ4v) is 1.97.